The van der Waals surface area contributed by atoms with Crippen LogP contribution in [0, 0.1) is 13.8 Å². The topological polar surface area (TPSA) is 63.6 Å². The van der Waals surface area contributed by atoms with Crippen molar-refractivity contribution in [1.29, 1.82) is 0 Å². The second kappa shape index (κ2) is 8.35. The molecule has 1 N–H and O–H groups in total. The third-order valence-corrected chi connectivity index (χ3v) is 5.73. The van der Waals surface area contributed by atoms with Gasteiger partial charge in [-0.05, 0) is 55.4 Å². The van der Waals surface area contributed by atoms with Crippen LogP contribution in [-0.2, 0) is 16.1 Å². The fraction of sp³-hybridized carbons (Fsp3) is 0.208. The summed E-state index contributed by atoms with van der Waals surface area (Å²) < 4.78 is 8.09. The fourth-order valence-corrected chi connectivity index (χ4v) is 3.77. The fourth-order valence-electron chi connectivity index (χ4n) is 3.59. The van der Waals surface area contributed by atoms with Gasteiger partial charge in [-0.3, -0.25) is 19.8 Å². The van der Waals surface area contributed by atoms with E-state index in [4.69, 9.17) is 17.0 Å². The van der Waals surface area contributed by atoms with E-state index in [1.165, 1.54) is 4.90 Å². The van der Waals surface area contributed by atoms with Gasteiger partial charge in [0.05, 0.1) is 6.54 Å². The largest absolute Gasteiger partial charge is 0.491 e. The average Bonchev–Trinajstić information content (AvgIpc) is 3.10. The highest BCUT2D eigenvalue weighted by Gasteiger charge is 2.31. The van der Waals surface area contributed by atoms with Gasteiger partial charge in [0, 0.05) is 29.7 Å². The van der Waals surface area contributed by atoms with E-state index in [1.807, 2.05) is 50.4 Å². The summed E-state index contributed by atoms with van der Waals surface area (Å²) in [4.78, 5) is 26.2. The third kappa shape index (κ3) is 4.09. The molecule has 1 fully saturated rings. The maximum absolute atomic E-state index is 12.6. The molecule has 0 radical (unpaired) electrons. The number of nitrogens with one attached hydrogen (secondary N) is 1. The minimum atomic E-state index is -0.483. The third-order valence-electron chi connectivity index (χ3n) is 5.36. The van der Waals surface area contributed by atoms with Gasteiger partial charge in [-0.2, -0.15) is 0 Å². The van der Waals surface area contributed by atoms with Gasteiger partial charge < -0.3 is 9.30 Å². The molecule has 1 aliphatic heterocycles. The predicted molar refractivity (Wildman–Crippen MR) is 125 cm³/mol. The molecule has 4 rings (SSSR count). The van der Waals surface area contributed by atoms with Crippen molar-refractivity contribution in [2.24, 2.45) is 0 Å². The van der Waals surface area contributed by atoms with Crippen LogP contribution < -0.4 is 10.1 Å². The van der Waals surface area contributed by atoms with E-state index in [9.17, 15) is 9.59 Å². The van der Waals surface area contributed by atoms with Gasteiger partial charge >= 0.3 is 0 Å². The van der Waals surface area contributed by atoms with Gasteiger partial charge in [0.15, 0.2) is 5.11 Å². The smallest absolute Gasteiger partial charge is 0.265 e. The number of benzene rings is 2. The Balaban J connectivity index is 1.62. The molecule has 6 nitrogen and oxygen atoms in total. The van der Waals surface area contributed by atoms with Crippen molar-refractivity contribution in [3.63, 3.8) is 0 Å². The highest BCUT2D eigenvalue weighted by Crippen LogP contribution is 2.25. The molecule has 0 aliphatic carbocycles. The highest BCUT2D eigenvalue weighted by atomic mass is 32.1. The number of carbonyl (C=O) groups excluding carboxylic acids is 2. The average molecular weight is 434 g/mol. The normalized spacial score (nSPS) is 15.6. The van der Waals surface area contributed by atoms with Crippen LogP contribution in [0.5, 0.6) is 5.75 Å². The second-order valence-electron chi connectivity index (χ2n) is 7.59. The van der Waals surface area contributed by atoms with Gasteiger partial charge in [0.25, 0.3) is 11.8 Å². The molecule has 0 saturated carbocycles. The maximum atomic E-state index is 12.6. The Morgan fingerprint density at radius 2 is 1.90 bits per heavy atom. The monoisotopic (exact) mass is 433 g/mol. The highest BCUT2D eigenvalue weighted by molar-refractivity contribution is 7.80. The first-order valence-corrected chi connectivity index (χ1v) is 10.4. The number of hydrogen-bond donors (Lipinski definition) is 1. The van der Waals surface area contributed by atoms with Gasteiger partial charge in [0.1, 0.15) is 17.9 Å². The van der Waals surface area contributed by atoms with Crippen molar-refractivity contribution in [3.8, 4) is 5.75 Å². The summed E-state index contributed by atoms with van der Waals surface area (Å²) in [5.74, 6) is -0.0192. The zero-order valence-electron chi connectivity index (χ0n) is 17.6. The lowest BCUT2D eigenvalue weighted by Crippen LogP contribution is -2.52. The number of thiocarbonyl (C=S) groups is 1. The molecule has 2 heterocycles. The number of rotatable bonds is 5. The lowest BCUT2D eigenvalue weighted by atomic mass is 10.1. The summed E-state index contributed by atoms with van der Waals surface area (Å²) in [6.45, 7) is 5.19. The Labute approximate surface area is 186 Å². The molecule has 31 heavy (non-hydrogen) atoms. The zero-order valence-corrected chi connectivity index (χ0v) is 18.5. The molecule has 158 valence electrons. The number of para-hydroxylation sites is 1. The first-order valence-electron chi connectivity index (χ1n) is 9.98. The number of fused-ring (bicyclic) bond motifs is 1. The molecule has 1 aliphatic rings. The maximum Gasteiger partial charge on any atom is 0.265 e. The molecular weight excluding hydrogens is 410 g/mol. The summed E-state index contributed by atoms with van der Waals surface area (Å²) in [7, 11) is 1.55. The van der Waals surface area contributed by atoms with Crippen LogP contribution in [0.25, 0.3) is 17.0 Å². The molecule has 1 aromatic heterocycles. The molecule has 0 bridgehead atoms. The standard InChI is InChI=1S/C24H23N3O3S/c1-15-8-9-16(2)21(12-15)30-11-10-27-14-17(18-6-4-5-7-20(18)27)13-19-22(28)25-24(31)26(3)23(19)29/h4-9,12-14H,10-11H2,1-3H3,(H,25,28,31)/b19-13+. The quantitative estimate of drug-likeness (QED) is 0.379. The van der Waals surface area contributed by atoms with Crippen molar-refractivity contribution in [1.82, 2.24) is 14.8 Å². The van der Waals surface area contributed by atoms with Crippen LogP contribution in [0.4, 0.5) is 0 Å². The van der Waals surface area contributed by atoms with Gasteiger partial charge in [0.2, 0.25) is 0 Å². The number of amides is 2. The van der Waals surface area contributed by atoms with Crippen LogP contribution in [0.3, 0.4) is 0 Å². The van der Waals surface area contributed by atoms with Crippen LogP contribution in [-0.4, -0.2) is 40.0 Å². The Bertz CT molecular complexity index is 1240. The van der Waals surface area contributed by atoms with Crippen LogP contribution in [0.2, 0.25) is 0 Å². The minimum Gasteiger partial charge on any atom is -0.491 e. The zero-order chi connectivity index (χ0) is 22.1. The van der Waals surface area contributed by atoms with Gasteiger partial charge in [-0.15, -0.1) is 0 Å². The lowest BCUT2D eigenvalue weighted by Gasteiger charge is -2.24. The summed E-state index contributed by atoms with van der Waals surface area (Å²) in [6.07, 6.45) is 3.57. The number of nitrogens with zero attached hydrogens (tertiary/aromatic N) is 2. The summed E-state index contributed by atoms with van der Waals surface area (Å²) in [5, 5.41) is 3.62. The first-order chi connectivity index (χ1) is 14.8. The predicted octanol–water partition coefficient (Wildman–Crippen LogP) is 3.59. The van der Waals surface area contributed by atoms with E-state index < -0.39 is 11.8 Å². The molecule has 0 unspecified atom stereocenters. The molecular formula is C24H23N3O3S. The van der Waals surface area contributed by atoms with Crippen molar-refractivity contribution in [2.75, 3.05) is 13.7 Å². The summed E-state index contributed by atoms with van der Waals surface area (Å²) in [5.41, 5.74) is 4.11. The Morgan fingerprint density at radius 3 is 2.71 bits per heavy atom. The van der Waals surface area contributed by atoms with Crippen LogP contribution in [0.1, 0.15) is 16.7 Å². The lowest BCUT2D eigenvalue weighted by molar-refractivity contribution is -0.128. The molecule has 2 aromatic carbocycles. The molecule has 7 heteroatoms. The van der Waals surface area contributed by atoms with Crippen LogP contribution >= 0.6 is 12.2 Å². The first kappa shape index (κ1) is 20.8. The Hall–Kier alpha value is -3.45. The van der Waals surface area contributed by atoms with Gasteiger partial charge in [-0.25, -0.2) is 0 Å². The number of carbonyl (C=O) groups is 2. The van der Waals surface area contributed by atoms with Crippen molar-refractivity contribution in [2.45, 2.75) is 20.4 Å². The Kier molecular flexibility index (Phi) is 5.61. The van der Waals surface area contributed by atoms with E-state index >= 15 is 0 Å². The van der Waals surface area contributed by atoms with Crippen LogP contribution in [0.15, 0.2) is 54.2 Å². The Morgan fingerprint density at radius 1 is 1.13 bits per heavy atom. The van der Waals surface area contributed by atoms with E-state index in [-0.39, 0.29) is 10.7 Å². The molecule has 0 atom stereocenters. The van der Waals surface area contributed by atoms with Crippen molar-refractivity contribution in [3.05, 3.63) is 70.9 Å². The SMILES string of the molecule is Cc1ccc(C)c(OCCn2cc(/C=C3\C(=O)NC(=S)N(C)C3=O)c3ccccc32)c1. The number of likely N-dealkylation sites (N-methyl/N-ethyl adjacent to an activating group) is 1. The molecule has 0 spiro atoms. The van der Waals surface area contributed by atoms with Crippen molar-refractivity contribution < 1.29 is 14.3 Å². The number of aryl methyl sites for hydroxylation is 2. The van der Waals surface area contributed by atoms with E-state index in [2.05, 4.69) is 22.0 Å². The molecule has 2 amide bonds. The number of ether oxygens (including phenoxy) is 1. The minimum absolute atomic E-state index is 0.0608. The van der Waals surface area contributed by atoms with E-state index in [0.717, 1.165) is 33.3 Å². The number of hydrogen-bond acceptors (Lipinski definition) is 4. The number of aromatic nitrogens is 1. The van der Waals surface area contributed by atoms with E-state index in [0.29, 0.717) is 13.2 Å². The van der Waals surface area contributed by atoms with Gasteiger partial charge in [-0.1, -0.05) is 30.3 Å². The summed E-state index contributed by atoms with van der Waals surface area (Å²) >= 11 is 5.01. The molecule has 1 saturated heterocycles. The summed E-state index contributed by atoms with van der Waals surface area (Å²) in [6, 6.07) is 14.0. The molecule has 3 aromatic rings. The second-order valence-corrected chi connectivity index (χ2v) is 7.98. The van der Waals surface area contributed by atoms with Crippen molar-refractivity contribution >= 4 is 46.1 Å². The van der Waals surface area contributed by atoms with E-state index in [1.54, 1.807) is 13.1 Å².